The van der Waals surface area contributed by atoms with E-state index in [4.69, 9.17) is 0 Å². The lowest BCUT2D eigenvalue weighted by Gasteiger charge is -2.08. The van der Waals surface area contributed by atoms with Crippen molar-refractivity contribution in [3.63, 3.8) is 0 Å². The molecule has 86 valence electrons. The zero-order valence-corrected chi connectivity index (χ0v) is 8.92. The highest BCUT2D eigenvalue weighted by molar-refractivity contribution is 5.88. The minimum atomic E-state index is -0.408. The monoisotopic (exact) mass is 229 g/mol. The first-order chi connectivity index (χ1) is 8.34. The molecule has 1 aromatic heterocycles. The number of amides is 2. The predicted octanol–water partition coefficient (Wildman–Crippen LogP) is 1.63. The summed E-state index contributed by atoms with van der Waals surface area (Å²) in [5, 5.41) is 2.53. The Morgan fingerprint density at radius 3 is 2.65 bits per heavy atom. The van der Waals surface area contributed by atoms with Crippen LogP contribution in [0.3, 0.4) is 0 Å². The fourth-order valence-electron chi connectivity index (χ4n) is 1.16. The molecule has 1 heterocycles. The van der Waals surface area contributed by atoms with E-state index in [1.807, 2.05) is 30.3 Å². The summed E-state index contributed by atoms with van der Waals surface area (Å²) in [4.78, 5) is 19.2. The van der Waals surface area contributed by atoms with E-state index >= 15 is 0 Å². The van der Waals surface area contributed by atoms with Crippen LogP contribution in [0.15, 0.2) is 48.9 Å². The Balaban J connectivity index is 1.83. The summed E-state index contributed by atoms with van der Waals surface area (Å²) in [5.74, 6) is 0.389. The average Bonchev–Trinajstić information content (AvgIpc) is 2.39. The van der Waals surface area contributed by atoms with Crippen LogP contribution in [0.4, 0.5) is 16.3 Å². The van der Waals surface area contributed by atoms with Crippen LogP contribution in [0, 0.1) is 0 Å². The third-order valence-electron chi connectivity index (χ3n) is 1.90. The summed E-state index contributed by atoms with van der Waals surface area (Å²) < 4.78 is 0. The molecule has 2 aromatic rings. The van der Waals surface area contributed by atoms with E-state index in [-0.39, 0.29) is 0 Å². The lowest BCUT2D eigenvalue weighted by molar-refractivity contribution is 0.253. The summed E-state index contributed by atoms with van der Waals surface area (Å²) in [7, 11) is 0. The Morgan fingerprint density at radius 1 is 1.12 bits per heavy atom. The second-order valence-corrected chi connectivity index (χ2v) is 3.16. The molecule has 6 nitrogen and oxygen atoms in total. The van der Waals surface area contributed by atoms with Crippen molar-refractivity contribution in [3.8, 4) is 0 Å². The highest BCUT2D eigenvalue weighted by atomic mass is 16.2. The summed E-state index contributed by atoms with van der Waals surface area (Å²) in [6.07, 6.45) is 4.49. The van der Waals surface area contributed by atoms with Gasteiger partial charge in [0.1, 0.15) is 0 Å². The molecule has 3 N–H and O–H groups in total. The fourth-order valence-corrected chi connectivity index (χ4v) is 1.16. The molecule has 0 bridgehead atoms. The Hall–Kier alpha value is -2.63. The van der Waals surface area contributed by atoms with Crippen LogP contribution in [-0.2, 0) is 0 Å². The van der Waals surface area contributed by atoms with Crippen molar-refractivity contribution in [2.24, 2.45) is 0 Å². The number of hydrogen-bond donors (Lipinski definition) is 3. The summed E-state index contributed by atoms with van der Waals surface area (Å²) in [6, 6.07) is 8.89. The standard InChI is InChI=1S/C11H11N5O/c17-11(14-10-8-12-6-7-13-10)16-15-9-4-2-1-3-5-9/h1-8,15H,(H2,13,14,16,17). The second kappa shape index (κ2) is 5.45. The maximum atomic E-state index is 11.4. The molecule has 0 fully saturated rings. The number of anilines is 2. The molecular formula is C11H11N5O. The molecule has 0 aliphatic rings. The van der Waals surface area contributed by atoms with Crippen LogP contribution >= 0.6 is 0 Å². The number of benzene rings is 1. The number of hydrazine groups is 1. The van der Waals surface area contributed by atoms with E-state index in [0.717, 1.165) is 5.69 Å². The molecule has 0 unspecified atom stereocenters. The first kappa shape index (κ1) is 10.9. The van der Waals surface area contributed by atoms with Crippen LogP contribution < -0.4 is 16.2 Å². The van der Waals surface area contributed by atoms with Crippen molar-refractivity contribution in [1.29, 1.82) is 0 Å². The molecular weight excluding hydrogens is 218 g/mol. The Bertz CT molecular complexity index is 474. The quantitative estimate of drug-likeness (QED) is 0.699. The van der Waals surface area contributed by atoms with Crippen molar-refractivity contribution in [2.75, 3.05) is 10.7 Å². The number of nitrogens with zero attached hydrogens (tertiary/aromatic N) is 2. The fraction of sp³-hybridized carbons (Fsp3) is 0. The molecule has 2 amide bonds. The van der Waals surface area contributed by atoms with Crippen LogP contribution in [0.25, 0.3) is 0 Å². The van der Waals surface area contributed by atoms with E-state index in [1.54, 1.807) is 0 Å². The van der Waals surface area contributed by atoms with Crippen LogP contribution in [0.5, 0.6) is 0 Å². The first-order valence-corrected chi connectivity index (χ1v) is 4.99. The average molecular weight is 229 g/mol. The lowest BCUT2D eigenvalue weighted by atomic mass is 10.3. The van der Waals surface area contributed by atoms with Gasteiger partial charge in [-0.15, -0.1) is 0 Å². The van der Waals surface area contributed by atoms with E-state index in [2.05, 4.69) is 26.1 Å². The van der Waals surface area contributed by atoms with E-state index < -0.39 is 6.03 Å². The number of carbonyl (C=O) groups excluding carboxylic acids is 1. The smallest absolute Gasteiger partial charge is 0.297 e. The Morgan fingerprint density at radius 2 is 1.94 bits per heavy atom. The van der Waals surface area contributed by atoms with Gasteiger partial charge in [-0.25, -0.2) is 9.78 Å². The number of nitrogens with one attached hydrogen (secondary N) is 3. The second-order valence-electron chi connectivity index (χ2n) is 3.16. The molecule has 0 saturated carbocycles. The maximum absolute atomic E-state index is 11.4. The number of aromatic nitrogens is 2. The van der Waals surface area contributed by atoms with E-state index in [1.165, 1.54) is 18.6 Å². The molecule has 0 aliphatic heterocycles. The van der Waals surface area contributed by atoms with Crippen molar-refractivity contribution in [1.82, 2.24) is 15.4 Å². The topological polar surface area (TPSA) is 78.9 Å². The third-order valence-corrected chi connectivity index (χ3v) is 1.90. The maximum Gasteiger partial charge on any atom is 0.339 e. The van der Waals surface area contributed by atoms with Gasteiger partial charge in [0.05, 0.1) is 11.9 Å². The molecule has 1 aromatic carbocycles. The Labute approximate surface area is 98.1 Å². The zero-order chi connectivity index (χ0) is 11.9. The molecule has 0 saturated heterocycles. The van der Waals surface area contributed by atoms with E-state index in [0.29, 0.717) is 5.82 Å². The SMILES string of the molecule is O=C(NNc1ccccc1)Nc1cnccn1. The largest absolute Gasteiger partial charge is 0.339 e. The summed E-state index contributed by atoms with van der Waals surface area (Å²) in [6.45, 7) is 0. The molecule has 2 rings (SSSR count). The lowest BCUT2D eigenvalue weighted by Crippen LogP contribution is -2.33. The predicted molar refractivity (Wildman–Crippen MR) is 64.3 cm³/mol. The molecule has 6 heteroatoms. The van der Waals surface area contributed by atoms with Crippen LogP contribution in [0.1, 0.15) is 0 Å². The zero-order valence-electron chi connectivity index (χ0n) is 8.92. The van der Waals surface area contributed by atoms with Gasteiger partial charge in [-0.1, -0.05) is 18.2 Å². The van der Waals surface area contributed by atoms with Crippen LogP contribution in [0.2, 0.25) is 0 Å². The first-order valence-electron chi connectivity index (χ1n) is 4.99. The van der Waals surface area contributed by atoms with Crippen molar-refractivity contribution in [3.05, 3.63) is 48.9 Å². The minimum absolute atomic E-state index is 0.389. The third kappa shape index (κ3) is 3.45. The van der Waals surface area contributed by atoms with Crippen molar-refractivity contribution in [2.45, 2.75) is 0 Å². The summed E-state index contributed by atoms with van der Waals surface area (Å²) in [5.41, 5.74) is 6.03. The van der Waals surface area contributed by atoms with Gasteiger partial charge in [-0.05, 0) is 12.1 Å². The van der Waals surface area contributed by atoms with Gasteiger partial charge in [-0.2, -0.15) is 0 Å². The highest BCUT2D eigenvalue weighted by Crippen LogP contribution is 2.02. The van der Waals surface area contributed by atoms with Gasteiger partial charge >= 0.3 is 6.03 Å². The number of carbonyl (C=O) groups is 1. The molecule has 0 atom stereocenters. The number of para-hydroxylation sites is 1. The van der Waals surface area contributed by atoms with Gasteiger partial charge in [0, 0.05) is 12.4 Å². The van der Waals surface area contributed by atoms with Crippen molar-refractivity contribution >= 4 is 17.5 Å². The minimum Gasteiger partial charge on any atom is -0.297 e. The summed E-state index contributed by atoms with van der Waals surface area (Å²) >= 11 is 0. The molecule has 0 spiro atoms. The number of hydrogen-bond acceptors (Lipinski definition) is 4. The number of urea groups is 1. The van der Waals surface area contributed by atoms with Crippen molar-refractivity contribution < 1.29 is 4.79 Å². The Kier molecular flexibility index (Phi) is 3.49. The van der Waals surface area contributed by atoms with Gasteiger partial charge < -0.3 is 0 Å². The van der Waals surface area contributed by atoms with Gasteiger partial charge in [-0.3, -0.25) is 21.2 Å². The number of rotatable bonds is 3. The molecule has 17 heavy (non-hydrogen) atoms. The van der Waals surface area contributed by atoms with Gasteiger partial charge in [0.2, 0.25) is 0 Å². The van der Waals surface area contributed by atoms with Gasteiger partial charge in [0.15, 0.2) is 5.82 Å². The molecule has 0 aliphatic carbocycles. The molecule has 0 radical (unpaired) electrons. The van der Waals surface area contributed by atoms with Crippen LogP contribution in [-0.4, -0.2) is 16.0 Å². The van der Waals surface area contributed by atoms with E-state index in [9.17, 15) is 4.79 Å². The highest BCUT2D eigenvalue weighted by Gasteiger charge is 2.00. The van der Waals surface area contributed by atoms with Gasteiger partial charge in [0.25, 0.3) is 0 Å². The normalized spacial score (nSPS) is 9.41.